The Bertz CT molecular complexity index is 973. The summed E-state index contributed by atoms with van der Waals surface area (Å²) in [6.07, 6.45) is 0. The molecule has 1 saturated heterocycles. The normalized spacial score (nSPS) is 20.7. The first-order valence-corrected chi connectivity index (χ1v) is 10.8. The van der Waals surface area contributed by atoms with Crippen LogP contribution in [0.4, 0.5) is 11.4 Å². The fourth-order valence-corrected chi connectivity index (χ4v) is 5.71. The fourth-order valence-electron chi connectivity index (χ4n) is 3.07. The predicted molar refractivity (Wildman–Crippen MR) is 116 cm³/mol. The summed E-state index contributed by atoms with van der Waals surface area (Å²) in [7, 11) is 0. The molecular formula is C20H18ClN3OS2. The quantitative estimate of drug-likeness (QED) is 0.600. The van der Waals surface area contributed by atoms with Crippen molar-refractivity contribution in [2.24, 2.45) is 4.99 Å². The number of aliphatic imine (C=N–C) groups is 1. The number of halogens is 1. The van der Waals surface area contributed by atoms with Crippen LogP contribution in [-0.2, 0) is 4.79 Å². The number of carbonyl (C=O) groups is 1. The molecule has 2 aliphatic rings. The van der Waals surface area contributed by atoms with Crippen LogP contribution in [0, 0.1) is 0 Å². The van der Waals surface area contributed by atoms with Gasteiger partial charge in [-0.05, 0) is 55.9 Å². The summed E-state index contributed by atoms with van der Waals surface area (Å²) in [5, 5.41) is 2.31. The Morgan fingerprint density at radius 1 is 1.00 bits per heavy atom. The number of anilines is 1. The maximum atomic E-state index is 13.1. The lowest BCUT2D eigenvalue weighted by Gasteiger charge is -2.19. The summed E-state index contributed by atoms with van der Waals surface area (Å²) >= 11 is 9.17. The molecule has 2 aromatic carbocycles. The first kappa shape index (κ1) is 18.5. The highest BCUT2D eigenvalue weighted by Crippen LogP contribution is 2.50. The van der Waals surface area contributed by atoms with Crippen molar-refractivity contribution in [1.82, 2.24) is 4.90 Å². The average molecular weight is 416 g/mol. The zero-order chi connectivity index (χ0) is 19.0. The summed E-state index contributed by atoms with van der Waals surface area (Å²) in [6, 6.07) is 15.6. The molecule has 4 nitrogen and oxygen atoms in total. The molecule has 0 N–H and O–H groups in total. The molecule has 27 heavy (non-hydrogen) atoms. The third kappa shape index (κ3) is 3.37. The molecule has 0 saturated carbocycles. The third-order valence-corrected chi connectivity index (χ3v) is 6.94. The van der Waals surface area contributed by atoms with E-state index in [9.17, 15) is 4.79 Å². The molecule has 0 spiro atoms. The maximum Gasteiger partial charge on any atom is 0.269 e. The Kier molecular flexibility index (Phi) is 5.21. The van der Waals surface area contributed by atoms with Crippen molar-refractivity contribution in [3.05, 3.63) is 63.5 Å². The Morgan fingerprint density at radius 3 is 2.52 bits per heavy atom. The number of amides is 1. The number of nitrogens with zero attached hydrogens (tertiary/aromatic N) is 3. The molecule has 7 heteroatoms. The number of thioether (sulfide) groups is 2. The molecular weight excluding hydrogens is 398 g/mol. The highest BCUT2D eigenvalue weighted by molar-refractivity contribution is 8.19. The number of likely N-dealkylation sites (N-methyl/N-ethyl adjacent to an activating group) is 1. The zero-order valence-corrected chi connectivity index (χ0v) is 17.4. The largest absolute Gasteiger partial charge is 0.334 e. The van der Waals surface area contributed by atoms with Gasteiger partial charge in [0.1, 0.15) is 9.93 Å². The third-order valence-electron chi connectivity index (χ3n) is 4.33. The monoisotopic (exact) mass is 415 g/mol. The van der Waals surface area contributed by atoms with E-state index in [1.807, 2.05) is 37.3 Å². The Balaban J connectivity index is 1.75. The van der Waals surface area contributed by atoms with Gasteiger partial charge < -0.3 is 4.90 Å². The van der Waals surface area contributed by atoms with Gasteiger partial charge in [0.25, 0.3) is 5.91 Å². The van der Waals surface area contributed by atoms with Crippen molar-refractivity contribution >= 4 is 57.6 Å². The number of rotatable bonds is 3. The number of fused-ring (bicyclic) bond motifs is 1. The lowest BCUT2D eigenvalue weighted by molar-refractivity contribution is -0.122. The summed E-state index contributed by atoms with van der Waals surface area (Å²) in [6.45, 7) is 5.45. The second-order valence-corrected chi connectivity index (χ2v) is 8.42. The lowest BCUT2D eigenvalue weighted by Crippen LogP contribution is -2.29. The lowest BCUT2D eigenvalue weighted by atomic mass is 10.3. The number of hydrogen-bond acceptors (Lipinski definition) is 5. The Morgan fingerprint density at radius 2 is 1.78 bits per heavy atom. The Hall–Kier alpha value is -1.89. The van der Waals surface area contributed by atoms with E-state index in [0.717, 1.165) is 27.9 Å². The SMILES string of the molecule is CCN1C(=O)/C(=C2/Sc3ccccc3N2CC)SC1=Nc1cccc(Cl)c1. The van der Waals surface area contributed by atoms with Gasteiger partial charge in [-0.3, -0.25) is 9.69 Å². The molecule has 2 heterocycles. The van der Waals surface area contributed by atoms with Crippen molar-refractivity contribution < 1.29 is 4.79 Å². The van der Waals surface area contributed by atoms with Gasteiger partial charge in [0.05, 0.1) is 11.4 Å². The van der Waals surface area contributed by atoms with E-state index in [4.69, 9.17) is 11.6 Å². The number of hydrogen-bond donors (Lipinski definition) is 0. The molecule has 0 radical (unpaired) electrons. The van der Waals surface area contributed by atoms with E-state index in [-0.39, 0.29) is 5.91 Å². The minimum Gasteiger partial charge on any atom is -0.334 e. The number of para-hydroxylation sites is 1. The number of carbonyl (C=O) groups excluding carboxylic acids is 1. The zero-order valence-electron chi connectivity index (χ0n) is 15.0. The van der Waals surface area contributed by atoms with Crippen molar-refractivity contribution in [2.45, 2.75) is 18.7 Å². The second kappa shape index (κ2) is 7.62. The van der Waals surface area contributed by atoms with E-state index < -0.39 is 0 Å². The van der Waals surface area contributed by atoms with Gasteiger partial charge in [-0.15, -0.1) is 0 Å². The number of amidine groups is 1. The highest BCUT2D eigenvalue weighted by Gasteiger charge is 2.38. The summed E-state index contributed by atoms with van der Waals surface area (Å²) in [5.41, 5.74) is 1.90. The van der Waals surface area contributed by atoms with Crippen LogP contribution in [-0.4, -0.2) is 29.1 Å². The van der Waals surface area contributed by atoms with Crippen LogP contribution in [0.1, 0.15) is 13.8 Å². The standard InChI is InChI=1S/C20H18ClN3OS2/c1-3-23-15-10-5-6-11-16(15)26-19(23)17-18(25)24(4-2)20(27-17)22-14-9-7-8-13(21)12-14/h5-12H,3-4H2,1-2H3/b19-17-,22-20?. The van der Waals surface area contributed by atoms with Gasteiger partial charge in [0.15, 0.2) is 5.17 Å². The minimum atomic E-state index is 0.0111. The van der Waals surface area contributed by atoms with Crippen molar-refractivity contribution in [2.75, 3.05) is 18.0 Å². The molecule has 0 atom stereocenters. The molecule has 0 unspecified atom stereocenters. The first-order valence-electron chi connectivity index (χ1n) is 8.75. The Labute approximate surface area is 172 Å². The van der Waals surface area contributed by atoms with Crippen LogP contribution >= 0.6 is 35.1 Å². The van der Waals surface area contributed by atoms with Crippen molar-refractivity contribution in [3.63, 3.8) is 0 Å². The highest BCUT2D eigenvalue weighted by atomic mass is 35.5. The van der Waals surface area contributed by atoms with Crippen LogP contribution < -0.4 is 4.90 Å². The molecule has 0 aromatic heterocycles. The predicted octanol–water partition coefficient (Wildman–Crippen LogP) is 5.72. The maximum absolute atomic E-state index is 13.1. The van der Waals surface area contributed by atoms with Gasteiger partial charge >= 0.3 is 0 Å². The van der Waals surface area contributed by atoms with Gasteiger partial charge in [-0.1, -0.05) is 41.6 Å². The summed E-state index contributed by atoms with van der Waals surface area (Å²) in [5.74, 6) is 0.0111. The van der Waals surface area contributed by atoms with E-state index in [1.165, 1.54) is 16.7 Å². The molecule has 138 valence electrons. The van der Waals surface area contributed by atoms with E-state index >= 15 is 0 Å². The molecule has 2 aliphatic heterocycles. The van der Waals surface area contributed by atoms with Crippen LogP contribution in [0.25, 0.3) is 0 Å². The van der Waals surface area contributed by atoms with Crippen LogP contribution in [0.15, 0.2) is 68.4 Å². The van der Waals surface area contributed by atoms with E-state index in [1.54, 1.807) is 22.7 Å². The van der Waals surface area contributed by atoms with Gasteiger partial charge in [-0.25, -0.2) is 4.99 Å². The van der Waals surface area contributed by atoms with Gasteiger partial charge in [0, 0.05) is 23.0 Å². The summed E-state index contributed by atoms with van der Waals surface area (Å²) in [4.78, 5) is 23.6. The second-order valence-electron chi connectivity index (χ2n) is 5.97. The van der Waals surface area contributed by atoms with Gasteiger partial charge in [-0.2, -0.15) is 0 Å². The molecule has 0 aliphatic carbocycles. The number of benzene rings is 2. The molecule has 1 fully saturated rings. The average Bonchev–Trinajstić information content (AvgIpc) is 3.18. The molecule has 2 aromatic rings. The smallest absolute Gasteiger partial charge is 0.269 e. The molecule has 1 amide bonds. The topological polar surface area (TPSA) is 35.9 Å². The first-order chi connectivity index (χ1) is 13.1. The van der Waals surface area contributed by atoms with Crippen LogP contribution in [0.5, 0.6) is 0 Å². The van der Waals surface area contributed by atoms with Gasteiger partial charge in [0.2, 0.25) is 0 Å². The summed E-state index contributed by atoms with van der Waals surface area (Å²) < 4.78 is 0. The van der Waals surface area contributed by atoms with Crippen LogP contribution in [0.2, 0.25) is 5.02 Å². The van der Waals surface area contributed by atoms with E-state index in [0.29, 0.717) is 16.7 Å². The van der Waals surface area contributed by atoms with Crippen molar-refractivity contribution in [3.8, 4) is 0 Å². The van der Waals surface area contributed by atoms with E-state index in [2.05, 4.69) is 28.9 Å². The van der Waals surface area contributed by atoms with Crippen LogP contribution in [0.3, 0.4) is 0 Å². The fraction of sp³-hybridized carbons (Fsp3) is 0.200. The minimum absolute atomic E-state index is 0.0111. The molecule has 4 rings (SSSR count). The molecule has 0 bridgehead atoms. The van der Waals surface area contributed by atoms with Crippen molar-refractivity contribution in [1.29, 1.82) is 0 Å².